The Hall–Kier alpha value is -2.37. The molecule has 1 aromatic heterocycles. The second-order valence-corrected chi connectivity index (χ2v) is 5.83. The lowest BCUT2D eigenvalue weighted by Crippen LogP contribution is -2.38. The van der Waals surface area contributed by atoms with Crippen LogP contribution in [0.15, 0.2) is 36.7 Å². The van der Waals surface area contributed by atoms with Gasteiger partial charge in [0.2, 0.25) is 5.91 Å². The number of nitrogens with one attached hydrogen (secondary N) is 1. The molecule has 23 heavy (non-hydrogen) atoms. The predicted octanol–water partition coefficient (Wildman–Crippen LogP) is 3.26. The van der Waals surface area contributed by atoms with E-state index in [1.54, 1.807) is 18.3 Å². The van der Waals surface area contributed by atoms with Gasteiger partial charge in [0, 0.05) is 6.04 Å². The molecule has 0 radical (unpaired) electrons. The van der Waals surface area contributed by atoms with Gasteiger partial charge in [-0.3, -0.25) is 9.48 Å². The maximum absolute atomic E-state index is 12.8. The fourth-order valence-electron chi connectivity index (χ4n) is 2.79. The summed E-state index contributed by atoms with van der Waals surface area (Å²) in [6.07, 6.45) is 8.94. The lowest BCUT2D eigenvalue weighted by atomic mass is 9.95. The summed E-state index contributed by atoms with van der Waals surface area (Å²) in [6, 6.07) is 6.04. The molecule has 1 aromatic carbocycles. The van der Waals surface area contributed by atoms with Crippen LogP contribution in [0.25, 0.3) is 0 Å². The van der Waals surface area contributed by atoms with E-state index < -0.39 is 0 Å². The lowest BCUT2D eigenvalue weighted by Gasteiger charge is -2.22. The van der Waals surface area contributed by atoms with Gasteiger partial charge in [0.15, 0.2) is 5.75 Å². The highest BCUT2D eigenvalue weighted by molar-refractivity contribution is 5.76. The maximum Gasteiger partial charge on any atom is 0.241 e. The van der Waals surface area contributed by atoms with Gasteiger partial charge >= 0.3 is 0 Å². The van der Waals surface area contributed by atoms with E-state index in [1.165, 1.54) is 42.3 Å². The lowest BCUT2D eigenvalue weighted by molar-refractivity contribution is -0.122. The Kier molecular flexibility index (Phi) is 4.90. The first-order chi connectivity index (χ1) is 11.2. The van der Waals surface area contributed by atoms with Gasteiger partial charge in [0.25, 0.3) is 0 Å². The van der Waals surface area contributed by atoms with Gasteiger partial charge in [0.1, 0.15) is 18.1 Å². The molecule has 3 rings (SSSR count). The number of carbonyl (C=O) groups is 1. The third-order valence-electron chi connectivity index (χ3n) is 3.93. The van der Waals surface area contributed by atoms with Crippen LogP contribution in [0.3, 0.4) is 0 Å². The number of carbonyl (C=O) groups excluding carboxylic acids is 1. The molecule has 1 saturated carbocycles. The van der Waals surface area contributed by atoms with E-state index in [1.807, 2.05) is 0 Å². The van der Waals surface area contributed by atoms with Crippen molar-refractivity contribution >= 4 is 5.91 Å². The van der Waals surface area contributed by atoms with Crippen LogP contribution in [-0.2, 0) is 11.3 Å². The third-order valence-corrected chi connectivity index (χ3v) is 3.93. The molecule has 0 unspecified atom stereocenters. The van der Waals surface area contributed by atoms with E-state index in [0.717, 1.165) is 12.8 Å². The van der Waals surface area contributed by atoms with Crippen molar-refractivity contribution in [2.75, 3.05) is 0 Å². The van der Waals surface area contributed by atoms with Crippen LogP contribution in [0, 0.1) is 5.82 Å². The van der Waals surface area contributed by atoms with Crippen LogP contribution in [0.4, 0.5) is 4.39 Å². The Morgan fingerprint density at radius 1 is 1.22 bits per heavy atom. The SMILES string of the molecule is O=C(Cn1cc(Oc2ccc(F)cc2)cn1)NC1CCCCC1. The van der Waals surface area contributed by atoms with Gasteiger partial charge < -0.3 is 10.1 Å². The van der Waals surface area contributed by atoms with Crippen molar-refractivity contribution < 1.29 is 13.9 Å². The summed E-state index contributed by atoms with van der Waals surface area (Å²) in [5.41, 5.74) is 0. The van der Waals surface area contributed by atoms with Gasteiger partial charge in [-0.15, -0.1) is 0 Å². The number of ether oxygens (including phenoxy) is 1. The van der Waals surface area contributed by atoms with Crippen LogP contribution in [0.2, 0.25) is 0 Å². The molecular formula is C17H20FN3O2. The summed E-state index contributed by atoms with van der Waals surface area (Å²) in [4.78, 5) is 12.0. The van der Waals surface area contributed by atoms with E-state index >= 15 is 0 Å². The molecule has 0 spiro atoms. The topological polar surface area (TPSA) is 56.2 Å². The molecule has 1 amide bonds. The summed E-state index contributed by atoms with van der Waals surface area (Å²) in [5.74, 6) is 0.695. The second kappa shape index (κ2) is 7.26. The van der Waals surface area contributed by atoms with Crippen molar-refractivity contribution in [3.63, 3.8) is 0 Å². The largest absolute Gasteiger partial charge is 0.454 e. The molecule has 1 aliphatic rings. The normalized spacial score (nSPS) is 15.3. The molecule has 0 atom stereocenters. The van der Waals surface area contributed by atoms with Gasteiger partial charge in [-0.1, -0.05) is 19.3 Å². The summed E-state index contributed by atoms with van der Waals surface area (Å²) < 4.78 is 20.0. The minimum Gasteiger partial charge on any atom is -0.454 e. The van der Waals surface area contributed by atoms with E-state index in [0.29, 0.717) is 17.5 Å². The van der Waals surface area contributed by atoms with Crippen molar-refractivity contribution in [2.24, 2.45) is 0 Å². The predicted molar refractivity (Wildman–Crippen MR) is 83.7 cm³/mol. The van der Waals surface area contributed by atoms with Crippen LogP contribution in [-0.4, -0.2) is 21.7 Å². The van der Waals surface area contributed by atoms with Crippen molar-refractivity contribution in [3.8, 4) is 11.5 Å². The van der Waals surface area contributed by atoms with E-state index in [2.05, 4.69) is 10.4 Å². The first-order valence-corrected chi connectivity index (χ1v) is 7.94. The average molecular weight is 317 g/mol. The molecule has 5 nitrogen and oxygen atoms in total. The van der Waals surface area contributed by atoms with Crippen molar-refractivity contribution in [3.05, 3.63) is 42.5 Å². The zero-order valence-corrected chi connectivity index (χ0v) is 12.9. The molecule has 0 bridgehead atoms. The minimum absolute atomic E-state index is 0.0340. The van der Waals surface area contributed by atoms with Gasteiger partial charge in [-0.25, -0.2) is 4.39 Å². The van der Waals surface area contributed by atoms with Crippen molar-refractivity contribution in [1.29, 1.82) is 0 Å². The van der Waals surface area contributed by atoms with Crippen LogP contribution in [0.1, 0.15) is 32.1 Å². The fraction of sp³-hybridized carbons (Fsp3) is 0.412. The number of aromatic nitrogens is 2. The summed E-state index contributed by atoms with van der Waals surface area (Å²) in [7, 11) is 0. The summed E-state index contributed by atoms with van der Waals surface area (Å²) in [5, 5.41) is 7.17. The van der Waals surface area contributed by atoms with Gasteiger partial charge in [-0.05, 0) is 37.1 Å². The number of hydrogen-bond donors (Lipinski definition) is 1. The zero-order chi connectivity index (χ0) is 16.1. The molecule has 1 heterocycles. The Bertz CT molecular complexity index is 648. The smallest absolute Gasteiger partial charge is 0.241 e. The maximum atomic E-state index is 12.8. The standard InChI is InChI=1S/C17H20FN3O2/c18-13-6-8-15(9-7-13)23-16-10-19-21(11-16)12-17(22)20-14-4-2-1-3-5-14/h6-11,14H,1-5,12H2,(H,20,22). The van der Waals surface area contributed by atoms with Crippen molar-refractivity contribution in [1.82, 2.24) is 15.1 Å². The highest BCUT2D eigenvalue weighted by atomic mass is 19.1. The number of halogens is 1. The molecule has 0 saturated heterocycles. The first kappa shape index (κ1) is 15.5. The van der Waals surface area contributed by atoms with Crippen molar-refractivity contribution in [2.45, 2.75) is 44.7 Å². The molecule has 2 aromatic rings. The van der Waals surface area contributed by atoms with E-state index in [9.17, 15) is 9.18 Å². The third kappa shape index (κ3) is 4.55. The van der Waals surface area contributed by atoms with E-state index in [-0.39, 0.29) is 18.3 Å². The van der Waals surface area contributed by atoms with Gasteiger partial charge in [0.05, 0.1) is 12.4 Å². The number of benzene rings is 1. The van der Waals surface area contributed by atoms with Crippen LogP contribution in [0.5, 0.6) is 11.5 Å². The highest BCUT2D eigenvalue weighted by Crippen LogP contribution is 2.21. The number of hydrogen-bond acceptors (Lipinski definition) is 3. The van der Waals surface area contributed by atoms with Crippen LogP contribution < -0.4 is 10.1 Å². The molecule has 1 fully saturated rings. The minimum atomic E-state index is -0.313. The average Bonchev–Trinajstić information content (AvgIpc) is 2.97. The summed E-state index contributed by atoms with van der Waals surface area (Å²) >= 11 is 0. The molecule has 0 aliphatic heterocycles. The fourth-order valence-corrected chi connectivity index (χ4v) is 2.79. The molecule has 122 valence electrons. The molecule has 6 heteroatoms. The zero-order valence-electron chi connectivity index (χ0n) is 12.9. The Morgan fingerprint density at radius 2 is 1.96 bits per heavy atom. The molecular weight excluding hydrogens is 297 g/mol. The molecule has 1 aliphatic carbocycles. The summed E-state index contributed by atoms with van der Waals surface area (Å²) in [6.45, 7) is 0.170. The first-order valence-electron chi connectivity index (χ1n) is 7.94. The highest BCUT2D eigenvalue weighted by Gasteiger charge is 2.16. The number of rotatable bonds is 5. The molecule has 1 N–H and O–H groups in total. The Balaban J connectivity index is 1.52. The van der Waals surface area contributed by atoms with Gasteiger partial charge in [-0.2, -0.15) is 5.10 Å². The second-order valence-electron chi connectivity index (χ2n) is 5.83. The monoisotopic (exact) mass is 317 g/mol. The number of nitrogens with zero attached hydrogens (tertiary/aromatic N) is 2. The quantitative estimate of drug-likeness (QED) is 0.921. The number of amides is 1. The van der Waals surface area contributed by atoms with Crippen LogP contribution >= 0.6 is 0 Å². The Morgan fingerprint density at radius 3 is 2.70 bits per heavy atom. The Labute approximate surface area is 134 Å². The van der Waals surface area contributed by atoms with E-state index in [4.69, 9.17) is 4.74 Å².